The minimum atomic E-state index is -0.993. The number of esters is 1. The van der Waals surface area contributed by atoms with E-state index in [-0.39, 0.29) is 53.2 Å². The van der Waals surface area contributed by atoms with Crippen LogP contribution in [0, 0.1) is 23.7 Å². The molecule has 8 heteroatoms. The standard InChI is InChI=1S/C17H29NO6.Na/c1-10(2)15(21)23-16(11(3)4)24-17(22)18-9-12-5-7-13(8-6-12)14(19)20;/h10-13,16H,5-9H2,1-4H3,(H,18,22)(H,19,20);/q;+1/p-1. The van der Waals surface area contributed by atoms with Crippen molar-refractivity contribution in [3.8, 4) is 0 Å². The van der Waals surface area contributed by atoms with E-state index < -0.39 is 24.3 Å². The molecule has 0 aromatic heterocycles. The molecule has 0 aliphatic heterocycles. The maximum Gasteiger partial charge on any atom is 1.00 e. The summed E-state index contributed by atoms with van der Waals surface area (Å²) in [6.07, 6.45) is 1.05. The molecular formula is C17H28NNaO6. The van der Waals surface area contributed by atoms with Crippen molar-refractivity contribution in [2.45, 2.75) is 59.7 Å². The van der Waals surface area contributed by atoms with Gasteiger partial charge < -0.3 is 24.7 Å². The number of carboxylic acids is 1. The molecule has 1 unspecified atom stereocenters. The van der Waals surface area contributed by atoms with Crippen molar-refractivity contribution < 1.29 is 58.5 Å². The van der Waals surface area contributed by atoms with E-state index in [2.05, 4.69) is 5.32 Å². The topological polar surface area (TPSA) is 105 Å². The van der Waals surface area contributed by atoms with Crippen molar-refractivity contribution in [1.82, 2.24) is 5.32 Å². The zero-order valence-electron chi connectivity index (χ0n) is 15.9. The predicted octanol–water partition coefficient (Wildman–Crippen LogP) is -1.55. The number of carbonyl (C=O) groups excluding carboxylic acids is 3. The van der Waals surface area contributed by atoms with Gasteiger partial charge in [0.05, 0.1) is 5.92 Å². The van der Waals surface area contributed by atoms with Crippen LogP contribution in [0.15, 0.2) is 0 Å². The Kier molecular flexibility index (Phi) is 11.4. The number of hydrogen-bond acceptors (Lipinski definition) is 6. The molecule has 0 heterocycles. The first-order valence-electron chi connectivity index (χ1n) is 8.56. The second-order valence-corrected chi connectivity index (χ2v) is 7.03. The largest absolute Gasteiger partial charge is 1.00 e. The normalized spacial score (nSPS) is 21.2. The summed E-state index contributed by atoms with van der Waals surface area (Å²) in [5.74, 6) is -2.01. The first-order valence-corrected chi connectivity index (χ1v) is 8.56. The first kappa shape index (κ1) is 24.2. The number of carbonyl (C=O) groups is 3. The number of alkyl carbamates (subject to hydrolysis) is 1. The molecule has 0 saturated heterocycles. The fourth-order valence-corrected chi connectivity index (χ4v) is 2.52. The molecule has 1 amide bonds. The summed E-state index contributed by atoms with van der Waals surface area (Å²) < 4.78 is 10.4. The van der Waals surface area contributed by atoms with Crippen molar-refractivity contribution in [2.24, 2.45) is 23.7 Å². The quantitative estimate of drug-likeness (QED) is 0.333. The van der Waals surface area contributed by atoms with Crippen LogP contribution in [0.4, 0.5) is 4.79 Å². The van der Waals surface area contributed by atoms with Gasteiger partial charge in [0.1, 0.15) is 0 Å². The van der Waals surface area contributed by atoms with Gasteiger partial charge in [0, 0.05) is 18.4 Å². The predicted molar refractivity (Wildman–Crippen MR) is 84.5 cm³/mol. The summed E-state index contributed by atoms with van der Waals surface area (Å²) in [5.41, 5.74) is 0. The average Bonchev–Trinajstić information content (AvgIpc) is 2.52. The Labute approximate surface area is 171 Å². The Balaban J connectivity index is 0.00000576. The van der Waals surface area contributed by atoms with Crippen LogP contribution >= 0.6 is 0 Å². The molecular weight excluding hydrogens is 337 g/mol. The third kappa shape index (κ3) is 8.92. The molecule has 1 aliphatic rings. The van der Waals surface area contributed by atoms with Gasteiger partial charge in [-0.05, 0) is 37.5 Å². The molecule has 1 atom stereocenters. The fraction of sp³-hybridized carbons (Fsp3) is 0.824. The maximum atomic E-state index is 11.9. The van der Waals surface area contributed by atoms with Crippen LogP contribution in [0.1, 0.15) is 53.4 Å². The summed E-state index contributed by atoms with van der Waals surface area (Å²) in [6.45, 7) is 7.44. The third-order valence-corrected chi connectivity index (χ3v) is 4.19. The van der Waals surface area contributed by atoms with Gasteiger partial charge in [-0.15, -0.1) is 0 Å². The summed E-state index contributed by atoms with van der Waals surface area (Å²) in [7, 11) is 0. The molecule has 1 rings (SSSR count). The minimum absolute atomic E-state index is 0. The van der Waals surface area contributed by atoms with Gasteiger partial charge in [-0.3, -0.25) is 4.79 Å². The Morgan fingerprint density at radius 3 is 2.04 bits per heavy atom. The number of carboxylic acid groups (broad SMARTS) is 1. The number of nitrogens with one attached hydrogen (secondary N) is 1. The van der Waals surface area contributed by atoms with Gasteiger partial charge in [0.15, 0.2) is 0 Å². The van der Waals surface area contributed by atoms with Crippen LogP contribution < -0.4 is 40.0 Å². The van der Waals surface area contributed by atoms with Gasteiger partial charge in [0.25, 0.3) is 6.29 Å². The van der Waals surface area contributed by atoms with E-state index in [1.54, 1.807) is 27.7 Å². The van der Waals surface area contributed by atoms with E-state index in [4.69, 9.17) is 9.47 Å². The van der Waals surface area contributed by atoms with Gasteiger partial charge in [-0.1, -0.05) is 27.7 Å². The van der Waals surface area contributed by atoms with Crippen LogP contribution in [0.3, 0.4) is 0 Å². The van der Waals surface area contributed by atoms with Gasteiger partial charge >= 0.3 is 41.6 Å². The van der Waals surface area contributed by atoms with E-state index in [1.165, 1.54) is 0 Å². The average molecular weight is 365 g/mol. The number of aliphatic carboxylic acids is 1. The van der Waals surface area contributed by atoms with Crippen molar-refractivity contribution in [3.05, 3.63) is 0 Å². The van der Waals surface area contributed by atoms with E-state index in [0.717, 1.165) is 12.8 Å². The van der Waals surface area contributed by atoms with Gasteiger partial charge in [0.2, 0.25) is 0 Å². The van der Waals surface area contributed by atoms with Gasteiger partial charge in [-0.25, -0.2) is 4.79 Å². The van der Waals surface area contributed by atoms with Crippen molar-refractivity contribution in [1.29, 1.82) is 0 Å². The molecule has 0 spiro atoms. The SMILES string of the molecule is CC(C)C(=O)OC(OC(=O)NCC1CCC(C(=O)[O-])CC1)C(C)C.[Na+]. The molecule has 0 aromatic carbocycles. The number of rotatable bonds is 7. The molecule has 0 bridgehead atoms. The molecule has 138 valence electrons. The molecule has 7 nitrogen and oxygen atoms in total. The summed E-state index contributed by atoms with van der Waals surface area (Å²) in [6, 6.07) is 0. The van der Waals surface area contributed by atoms with Crippen molar-refractivity contribution >= 4 is 18.0 Å². The molecule has 1 aliphatic carbocycles. The summed E-state index contributed by atoms with van der Waals surface area (Å²) in [5, 5.41) is 13.5. The van der Waals surface area contributed by atoms with E-state index in [1.807, 2.05) is 0 Å². The van der Waals surface area contributed by atoms with Crippen LogP contribution in [0.2, 0.25) is 0 Å². The fourth-order valence-electron chi connectivity index (χ4n) is 2.52. The molecule has 1 saturated carbocycles. The minimum Gasteiger partial charge on any atom is -0.550 e. The molecule has 0 radical (unpaired) electrons. The Bertz CT molecular complexity index is 446. The second-order valence-electron chi connectivity index (χ2n) is 7.03. The van der Waals surface area contributed by atoms with Crippen LogP contribution in [0.25, 0.3) is 0 Å². The third-order valence-electron chi connectivity index (χ3n) is 4.19. The maximum absolute atomic E-state index is 11.9. The van der Waals surface area contributed by atoms with Crippen LogP contribution in [0.5, 0.6) is 0 Å². The number of hydrogen-bond donors (Lipinski definition) is 1. The zero-order chi connectivity index (χ0) is 18.3. The summed E-state index contributed by atoms with van der Waals surface area (Å²) >= 11 is 0. The number of ether oxygens (including phenoxy) is 2. The van der Waals surface area contributed by atoms with Crippen LogP contribution in [-0.4, -0.2) is 30.9 Å². The summed E-state index contributed by atoms with van der Waals surface area (Å²) in [4.78, 5) is 34.3. The van der Waals surface area contributed by atoms with E-state index >= 15 is 0 Å². The van der Waals surface area contributed by atoms with Gasteiger partial charge in [-0.2, -0.15) is 0 Å². The Morgan fingerprint density at radius 1 is 1.04 bits per heavy atom. The first-order chi connectivity index (χ1) is 11.2. The van der Waals surface area contributed by atoms with Crippen molar-refractivity contribution in [3.63, 3.8) is 0 Å². The smallest absolute Gasteiger partial charge is 0.550 e. The zero-order valence-corrected chi connectivity index (χ0v) is 17.9. The number of amides is 1. The molecule has 25 heavy (non-hydrogen) atoms. The van der Waals surface area contributed by atoms with Crippen LogP contribution in [-0.2, 0) is 19.1 Å². The second kappa shape index (κ2) is 11.8. The Morgan fingerprint density at radius 2 is 1.60 bits per heavy atom. The Hall–Kier alpha value is -0.790. The monoisotopic (exact) mass is 365 g/mol. The molecule has 1 fully saturated rings. The molecule has 0 aromatic rings. The molecule has 1 N–H and O–H groups in total. The van der Waals surface area contributed by atoms with Crippen molar-refractivity contribution in [2.75, 3.05) is 6.54 Å². The van der Waals surface area contributed by atoms with E-state index in [9.17, 15) is 19.5 Å². The van der Waals surface area contributed by atoms with E-state index in [0.29, 0.717) is 19.4 Å².